The van der Waals surface area contributed by atoms with Crippen LogP contribution in [-0.4, -0.2) is 28.1 Å². The molecule has 0 saturated carbocycles. The van der Waals surface area contributed by atoms with E-state index in [9.17, 15) is 14.0 Å². The van der Waals surface area contributed by atoms with Gasteiger partial charge in [-0.05, 0) is 37.1 Å². The molecule has 0 atom stereocenters. The number of carbonyl (C=O) groups excluding carboxylic acids is 1. The van der Waals surface area contributed by atoms with Gasteiger partial charge in [-0.15, -0.1) is 0 Å². The minimum absolute atomic E-state index is 0.00748. The van der Waals surface area contributed by atoms with Gasteiger partial charge < -0.3 is 10.2 Å². The molecule has 27 heavy (non-hydrogen) atoms. The van der Waals surface area contributed by atoms with Crippen LogP contribution in [0.4, 0.5) is 15.8 Å². The monoisotopic (exact) mass is 368 g/mol. The SMILES string of the molecule is Cn1c(=O)n(C)c2cc(N3CCCC3)c(NC(=O)c3ccccc3F)cc21. The van der Waals surface area contributed by atoms with E-state index in [0.29, 0.717) is 11.2 Å². The fourth-order valence-corrected chi connectivity index (χ4v) is 3.69. The van der Waals surface area contributed by atoms with Crippen LogP contribution in [0, 0.1) is 5.82 Å². The number of nitrogens with one attached hydrogen (secondary N) is 1. The van der Waals surface area contributed by atoms with Gasteiger partial charge in [0.15, 0.2) is 0 Å². The van der Waals surface area contributed by atoms with Crippen molar-refractivity contribution in [3.8, 4) is 0 Å². The molecule has 0 radical (unpaired) electrons. The zero-order valence-corrected chi connectivity index (χ0v) is 15.3. The van der Waals surface area contributed by atoms with Crippen LogP contribution in [0.15, 0.2) is 41.2 Å². The molecule has 4 rings (SSSR count). The van der Waals surface area contributed by atoms with Gasteiger partial charge in [-0.2, -0.15) is 0 Å². The maximum atomic E-state index is 14.0. The van der Waals surface area contributed by atoms with Gasteiger partial charge in [0.05, 0.1) is 28.0 Å². The molecule has 3 aromatic rings. The number of nitrogens with zero attached hydrogens (tertiary/aromatic N) is 3. The molecule has 1 saturated heterocycles. The Morgan fingerprint density at radius 1 is 1.04 bits per heavy atom. The highest BCUT2D eigenvalue weighted by Crippen LogP contribution is 2.33. The maximum absolute atomic E-state index is 14.0. The molecule has 1 aliphatic rings. The quantitative estimate of drug-likeness (QED) is 0.773. The molecule has 7 heteroatoms. The number of aromatic nitrogens is 2. The molecule has 0 spiro atoms. The molecule has 1 fully saturated rings. The van der Waals surface area contributed by atoms with E-state index in [1.54, 1.807) is 41.4 Å². The van der Waals surface area contributed by atoms with E-state index in [4.69, 9.17) is 0 Å². The average Bonchev–Trinajstić information content (AvgIpc) is 3.26. The van der Waals surface area contributed by atoms with Gasteiger partial charge in [-0.3, -0.25) is 13.9 Å². The van der Waals surface area contributed by atoms with Gasteiger partial charge in [0, 0.05) is 27.2 Å². The van der Waals surface area contributed by atoms with Crippen molar-refractivity contribution in [2.24, 2.45) is 14.1 Å². The highest BCUT2D eigenvalue weighted by molar-refractivity contribution is 6.07. The topological polar surface area (TPSA) is 59.3 Å². The molecular formula is C20H21FN4O2. The number of hydrogen-bond acceptors (Lipinski definition) is 3. The van der Waals surface area contributed by atoms with E-state index >= 15 is 0 Å². The number of carbonyl (C=O) groups is 1. The lowest BCUT2D eigenvalue weighted by atomic mass is 10.1. The van der Waals surface area contributed by atoms with Crippen LogP contribution >= 0.6 is 0 Å². The number of amides is 1. The molecule has 2 heterocycles. The minimum atomic E-state index is -0.564. The third-order valence-electron chi connectivity index (χ3n) is 5.20. The van der Waals surface area contributed by atoms with Crippen molar-refractivity contribution in [1.82, 2.24) is 9.13 Å². The summed E-state index contributed by atoms with van der Waals surface area (Å²) < 4.78 is 17.1. The summed E-state index contributed by atoms with van der Waals surface area (Å²) in [6.45, 7) is 1.77. The fourth-order valence-electron chi connectivity index (χ4n) is 3.69. The molecule has 1 aliphatic heterocycles. The van der Waals surface area contributed by atoms with Crippen LogP contribution in [0.3, 0.4) is 0 Å². The Morgan fingerprint density at radius 2 is 1.67 bits per heavy atom. The van der Waals surface area contributed by atoms with Gasteiger partial charge in [-0.1, -0.05) is 12.1 Å². The van der Waals surface area contributed by atoms with Crippen molar-refractivity contribution in [3.63, 3.8) is 0 Å². The number of aryl methyl sites for hydroxylation is 2. The number of rotatable bonds is 3. The summed E-state index contributed by atoms with van der Waals surface area (Å²) in [4.78, 5) is 27.1. The van der Waals surface area contributed by atoms with Crippen LogP contribution in [0.1, 0.15) is 23.2 Å². The number of hydrogen-bond donors (Lipinski definition) is 1. The highest BCUT2D eigenvalue weighted by Gasteiger charge is 2.21. The Hall–Kier alpha value is -3.09. The normalized spacial score (nSPS) is 14.1. The van der Waals surface area contributed by atoms with Crippen molar-refractivity contribution in [1.29, 1.82) is 0 Å². The Labute approximate surface area is 155 Å². The molecule has 2 aromatic carbocycles. The van der Waals surface area contributed by atoms with E-state index in [0.717, 1.165) is 37.1 Å². The van der Waals surface area contributed by atoms with Crippen molar-refractivity contribution >= 4 is 28.3 Å². The van der Waals surface area contributed by atoms with Crippen molar-refractivity contribution in [3.05, 3.63) is 58.3 Å². The Balaban J connectivity index is 1.83. The van der Waals surface area contributed by atoms with Crippen molar-refractivity contribution < 1.29 is 9.18 Å². The first-order valence-corrected chi connectivity index (χ1v) is 8.97. The lowest BCUT2D eigenvalue weighted by Crippen LogP contribution is -2.21. The van der Waals surface area contributed by atoms with Crippen LogP contribution in [-0.2, 0) is 14.1 Å². The summed E-state index contributed by atoms with van der Waals surface area (Å²) in [7, 11) is 3.43. The van der Waals surface area contributed by atoms with E-state index in [-0.39, 0.29) is 11.3 Å². The second-order valence-corrected chi connectivity index (χ2v) is 6.89. The molecule has 6 nitrogen and oxygen atoms in total. The predicted molar refractivity (Wildman–Crippen MR) is 104 cm³/mol. The van der Waals surface area contributed by atoms with Crippen molar-refractivity contribution in [2.45, 2.75) is 12.8 Å². The third-order valence-corrected chi connectivity index (χ3v) is 5.20. The van der Waals surface area contributed by atoms with Crippen LogP contribution in [0.2, 0.25) is 0 Å². The second kappa shape index (κ2) is 6.57. The number of anilines is 2. The summed E-state index contributed by atoms with van der Waals surface area (Å²) in [5.41, 5.74) is 2.81. The van der Waals surface area contributed by atoms with E-state index in [2.05, 4.69) is 10.2 Å². The Bertz CT molecular complexity index is 1090. The lowest BCUT2D eigenvalue weighted by Gasteiger charge is -2.22. The van der Waals surface area contributed by atoms with E-state index in [1.165, 1.54) is 12.1 Å². The van der Waals surface area contributed by atoms with Gasteiger partial charge in [-0.25, -0.2) is 9.18 Å². The molecule has 0 aliphatic carbocycles. The largest absolute Gasteiger partial charge is 0.370 e. The molecule has 140 valence electrons. The highest BCUT2D eigenvalue weighted by atomic mass is 19.1. The molecule has 1 N–H and O–H groups in total. The number of benzene rings is 2. The summed E-state index contributed by atoms with van der Waals surface area (Å²) in [5, 5.41) is 2.85. The Morgan fingerprint density at radius 3 is 2.33 bits per heavy atom. The fraction of sp³-hybridized carbons (Fsp3) is 0.300. The molecule has 1 amide bonds. The minimum Gasteiger partial charge on any atom is -0.370 e. The van der Waals surface area contributed by atoms with Gasteiger partial charge >= 0.3 is 5.69 Å². The second-order valence-electron chi connectivity index (χ2n) is 6.89. The third kappa shape index (κ3) is 2.89. The number of imidazole rings is 1. The predicted octanol–water partition coefficient (Wildman–Crippen LogP) is 2.87. The molecule has 1 aromatic heterocycles. The van der Waals surface area contributed by atoms with E-state index < -0.39 is 11.7 Å². The average molecular weight is 368 g/mol. The number of fused-ring (bicyclic) bond motifs is 1. The first-order chi connectivity index (χ1) is 13.0. The number of halogens is 1. The first-order valence-electron chi connectivity index (χ1n) is 8.97. The summed E-state index contributed by atoms with van der Waals surface area (Å²) >= 11 is 0. The summed E-state index contributed by atoms with van der Waals surface area (Å²) in [5.74, 6) is -1.07. The molecular weight excluding hydrogens is 347 g/mol. The lowest BCUT2D eigenvalue weighted by molar-refractivity contribution is 0.102. The zero-order valence-electron chi connectivity index (χ0n) is 15.3. The molecule has 0 unspecified atom stereocenters. The maximum Gasteiger partial charge on any atom is 0.328 e. The van der Waals surface area contributed by atoms with Crippen LogP contribution < -0.4 is 15.9 Å². The van der Waals surface area contributed by atoms with Crippen molar-refractivity contribution in [2.75, 3.05) is 23.3 Å². The zero-order chi connectivity index (χ0) is 19.1. The van der Waals surface area contributed by atoms with Crippen LogP contribution in [0.25, 0.3) is 11.0 Å². The standard InChI is InChI=1S/C20H21FN4O2/c1-23-17-11-15(22-19(26)13-7-3-4-8-14(13)21)16(25-9-5-6-10-25)12-18(17)24(2)20(23)27/h3-4,7-8,11-12H,5-6,9-10H2,1-2H3,(H,22,26). The first kappa shape index (κ1) is 17.3. The summed E-state index contributed by atoms with van der Waals surface area (Å²) in [6.07, 6.45) is 2.15. The van der Waals surface area contributed by atoms with E-state index in [1.807, 2.05) is 6.07 Å². The van der Waals surface area contributed by atoms with Gasteiger partial charge in [0.2, 0.25) is 0 Å². The summed E-state index contributed by atoms with van der Waals surface area (Å²) in [6, 6.07) is 9.62. The Kier molecular flexibility index (Phi) is 4.22. The smallest absolute Gasteiger partial charge is 0.328 e. The van der Waals surface area contributed by atoms with Crippen LogP contribution in [0.5, 0.6) is 0 Å². The van der Waals surface area contributed by atoms with Gasteiger partial charge in [0.1, 0.15) is 5.82 Å². The molecule has 0 bridgehead atoms. The van der Waals surface area contributed by atoms with Gasteiger partial charge in [0.25, 0.3) is 5.91 Å².